The number of hydrogen-bond donors (Lipinski definition) is 2. The van der Waals surface area contributed by atoms with Gasteiger partial charge in [0.25, 0.3) is 0 Å². The monoisotopic (exact) mass is 526 g/mol. The van der Waals surface area contributed by atoms with Gasteiger partial charge in [-0.05, 0) is 42.2 Å². The molecule has 0 radical (unpaired) electrons. The van der Waals surface area contributed by atoms with Gasteiger partial charge in [-0.15, -0.1) is 10.2 Å². The SMILES string of the molecule is CCCCc1cn(-c2c(C(=O)O)ccn2CCC)c(=O)n1Cc1ccc(-c2ccccc2-c2nn[nH]n2)nc1. The number of H-pyrrole nitrogens is 1. The van der Waals surface area contributed by atoms with Gasteiger partial charge >= 0.3 is 11.7 Å². The Morgan fingerprint density at radius 1 is 1.05 bits per heavy atom. The number of carbonyl (C=O) groups is 1. The van der Waals surface area contributed by atoms with Crippen LogP contribution >= 0.6 is 0 Å². The lowest BCUT2D eigenvalue weighted by atomic mass is 10.0. The van der Waals surface area contributed by atoms with Crippen molar-refractivity contribution in [3.8, 4) is 28.5 Å². The maximum absolute atomic E-state index is 13.7. The molecule has 200 valence electrons. The highest BCUT2D eigenvalue weighted by Crippen LogP contribution is 2.28. The van der Waals surface area contributed by atoms with Gasteiger partial charge in [-0.1, -0.05) is 50.6 Å². The van der Waals surface area contributed by atoms with E-state index in [0.717, 1.165) is 47.3 Å². The highest BCUT2D eigenvalue weighted by molar-refractivity contribution is 5.91. The molecule has 0 spiro atoms. The van der Waals surface area contributed by atoms with Crippen molar-refractivity contribution in [3.05, 3.63) is 88.4 Å². The third-order valence-corrected chi connectivity index (χ3v) is 6.66. The topological polar surface area (TPSA) is 137 Å². The Morgan fingerprint density at radius 3 is 2.54 bits per heavy atom. The Morgan fingerprint density at radius 2 is 1.87 bits per heavy atom. The number of hydrogen-bond acceptors (Lipinski definition) is 6. The molecule has 0 aliphatic rings. The van der Waals surface area contributed by atoms with Crippen LogP contribution < -0.4 is 5.69 Å². The van der Waals surface area contributed by atoms with E-state index in [1.54, 1.807) is 29.2 Å². The van der Waals surface area contributed by atoms with Crippen LogP contribution in [0.15, 0.2) is 65.8 Å². The maximum atomic E-state index is 13.7. The second kappa shape index (κ2) is 11.3. The molecule has 0 fully saturated rings. The van der Waals surface area contributed by atoms with Gasteiger partial charge in [-0.3, -0.25) is 14.1 Å². The number of tetrazole rings is 1. The van der Waals surface area contributed by atoms with E-state index in [4.69, 9.17) is 0 Å². The first-order valence-electron chi connectivity index (χ1n) is 13.0. The van der Waals surface area contributed by atoms with Crippen LogP contribution in [0.4, 0.5) is 0 Å². The predicted octanol–water partition coefficient (Wildman–Crippen LogP) is 4.18. The summed E-state index contributed by atoms with van der Waals surface area (Å²) in [5.41, 5.74) is 3.98. The first-order valence-corrected chi connectivity index (χ1v) is 13.0. The molecule has 5 aromatic rings. The zero-order valence-electron chi connectivity index (χ0n) is 21.9. The van der Waals surface area contributed by atoms with E-state index in [-0.39, 0.29) is 11.3 Å². The number of imidazole rings is 1. The molecule has 4 heterocycles. The Hall–Kier alpha value is -4.80. The van der Waals surface area contributed by atoms with Crippen molar-refractivity contribution in [3.63, 3.8) is 0 Å². The van der Waals surface area contributed by atoms with Gasteiger partial charge in [0.05, 0.1) is 12.2 Å². The highest BCUT2D eigenvalue weighted by Gasteiger charge is 2.22. The van der Waals surface area contributed by atoms with Crippen LogP contribution in [0.1, 0.15) is 54.7 Å². The molecular formula is C28H30N8O3. The molecule has 4 aromatic heterocycles. The maximum Gasteiger partial charge on any atom is 0.339 e. The number of aromatic nitrogens is 8. The third-order valence-electron chi connectivity index (χ3n) is 6.66. The normalized spacial score (nSPS) is 11.2. The Labute approximate surface area is 224 Å². The van der Waals surface area contributed by atoms with Crippen LogP contribution in [0, 0.1) is 0 Å². The number of carboxylic acids is 1. The number of nitrogens with one attached hydrogen (secondary N) is 1. The molecule has 5 rings (SSSR count). The molecule has 39 heavy (non-hydrogen) atoms. The zero-order chi connectivity index (χ0) is 27.4. The summed E-state index contributed by atoms with van der Waals surface area (Å²) < 4.78 is 5.03. The first kappa shape index (κ1) is 25.8. The van der Waals surface area contributed by atoms with Crippen LogP contribution in [-0.4, -0.2) is 50.4 Å². The van der Waals surface area contributed by atoms with Crippen molar-refractivity contribution >= 4 is 5.97 Å². The van der Waals surface area contributed by atoms with Gasteiger partial charge in [0.1, 0.15) is 11.4 Å². The minimum atomic E-state index is -1.06. The average Bonchev–Trinajstić information content (AvgIpc) is 3.69. The van der Waals surface area contributed by atoms with Gasteiger partial charge in [0.15, 0.2) is 0 Å². The van der Waals surface area contributed by atoms with Gasteiger partial charge in [-0.2, -0.15) is 5.21 Å². The molecule has 0 aliphatic heterocycles. The first-order chi connectivity index (χ1) is 19.0. The highest BCUT2D eigenvalue weighted by atomic mass is 16.4. The number of aromatic carboxylic acids is 1. The number of unbranched alkanes of at least 4 members (excludes halogenated alkanes) is 1. The molecule has 1 aromatic carbocycles. The van der Waals surface area contributed by atoms with Crippen LogP contribution in [0.3, 0.4) is 0 Å². The number of aryl methyl sites for hydroxylation is 2. The number of pyridine rings is 1. The van der Waals surface area contributed by atoms with Crippen LogP contribution in [0.2, 0.25) is 0 Å². The molecule has 11 nitrogen and oxygen atoms in total. The Bertz CT molecular complexity index is 1630. The number of rotatable bonds is 11. The second-order valence-corrected chi connectivity index (χ2v) is 9.35. The van der Waals surface area contributed by atoms with Gasteiger partial charge in [-0.25, -0.2) is 9.59 Å². The van der Waals surface area contributed by atoms with Crippen molar-refractivity contribution < 1.29 is 9.90 Å². The molecule has 0 bridgehead atoms. The average molecular weight is 527 g/mol. The van der Waals surface area contributed by atoms with E-state index in [9.17, 15) is 14.7 Å². The van der Waals surface area contributed by atoms with Crippen LogP contribution in [-0.2, 0) is 19.5 Å². The van der Waals surface area contributed by atoms with E-state index in [1.165, 1.54) is 4.57 Å². The molecule has 0 unspecified atom stereocenters. The molecule has 2 N–H and O–H groups in total. The summed E-state index contributed by atoms with van der Waals surface area (Å²) in [6.45, 7) is 5.05. The summed E-state index contributed by atoms with van der Waals surface area (Å²) >= 11 is 0. The largest absolute Gasteiger partial charge is 0.478 e. The van der Waals surface area contributed by atoms with Crippen molar-refractivity contribution in [1.29, 1.82) is 0 Å². The molecule has 0 atom stereocenters. The van der Waals surface area contributed by atoms with Gasteiger partial charge < -0.3 is 9.67 Å². The van der Waals surface area contributed by atoms with E-state index in [1.807, 2.05) is 47.9 Å². The summed E-state index contributed by atoms with van der Waals surface area (Å²) in [7, 11) is 0. The van der Waals surface area contributed by atoms with Crippen molar-refractivity contribution in [2.75, 3.05) is 0 Å². The minimum absolute atomic E-state index is 0.107. The molecular weight excluding hydrogens is 496 g/mol. The summed E-state index contributed by atoms with van der Waals surface area (Å²) in [6, 6.07) is 13.1. The van der Waals surface area contributed by atoms with E-state index in [2.05, 4.69) is 32.5 Å². The summed E-state index contributed by atoms with van der Waals surface area (Å²) in [6.07, 6.45) is 8.68. The fraction of sp³-hybridized carbons (Fsp3) is 0.286. The molecule has 0 amide bonds. The smallest absolute Gasteiger partial charge is 0.339 e. The van der Waals surface area contributed by atoms with Crippen molar-refractivity contribution in [1.82, 2.24) is 39.3 Å². The Balaban J connectivity index is 1.51. The molecule has 0 saturated heterocycles. The van der Waals surface area contributed by atoms with E-state index < -0.39 is 5.97 Å². The fourth-order valence-corrected chi connectivity index (χ4v) is 4.76. The standard InChI is InChI=1S/C28H30N8O3/c1-3-5-8-20-18-36(26-23(27(37)38)13-15-34(26)14-4-2)28(39)35(20)17-19-11-12-24(29-16-19)21-9-6-7-10-22(21)25-30-32-33-31-25/h6-7,9-13,15-16,18H,3-5,8,14,17H2,1-2H3,(H,37,38)(H,30,31,32,33). The van der Waals surface area contributed by atoms with Crippen molar-refractivity contribution in [2.45, 2.75) is 52.6 Å². The molecule has 0 aliphatic carbocycles. The third kappa shape index (κ3) is 5.15. The second-order valence-electron chi connectivity index (χ2n) is 9.35. The Kier molecular flexibility index (Phi) is 7.48. The summed E-state index contributed by atoms with van der Waals surface area (Å²) in [4.78, 5) is 30.4. The minimum Gasteiger partial charge on any atom is -0.478 e. The predicted molar refractivity (Wildman–Crippen MR) is 146 cm³/mol. The lowest BCUT2D eigenvalue weighted by molar-refractivity contribution is 0.0697. The molecule has 11 heteroatoms. The number of aromatic amines is 1. The summed E-state index contributed by atoms with van der Waals surface area (Å²) in [5, 5.41) is 24.1. The fourth-order valence-electron chi connectivity index (χ4n) is 4.76. The lowest BCUT2D eigenvalue weighted by Gasteiger charge is -2.10. The zero-order valence-corrected chi connectivity index (χ0v) is 21.9. The number of nitrogens with zero attached hydrogens (tertiary/aromatic N) is 7. The quantitative estimate of drug-likeness (QED) is 0.263. The summed E-state index contributed by atoms with van der Waals surface area (Å²) in [5.74, 6) is -0.189. The van der Waals surface area contributed by atoms with Gasteiger partial charge in [0, 0.05) is 42.0 Å². The van der Waals surface area contributed by atoms with Crippen LogP contribution in [0.5, 0.6) is 0 Å². The van der Waals surface area contributed by atoms with Gasteiger partial charge in [0.2, 0.25) is 5.82 Å². The number of carboxylic acid groups (broad SMARTS) is 1. The van der Waals surface area contributed by atoms with E-state index in [0.29, 0.717) is 31.2 Å². The number of benzene rings is 1. The molecule has 0 saturated carbocycles. The van der Waals surface area contributed by atoms with Crippen molar-refractivity contribution in [2.24, 2.45) is 0 Å². The van der Waals surface area contributed by atoms with Crippen LogP contribution in [0.25, 0.3) is 28.5 Å². The van der Waals surface area contributed by atoms with E-state index >= 15 is 0 Å². The lowest BCUT2D eigenvalue weighted by Crippen LogP contribution is -2.27.